The Hall–Kier alpha value is -2.44. The fourth-order valence-corrected chi connectivity index (χ4v) is 1.42. The smallest absolute Gasteiger partial charge is 0.377 e. The molecule has 0 aliphatic carbocycles. The number of halogens is 1. The third-order valence-electron chi connectivity index (χ3n) is 2.31. The Morgan fingerprint density at radius 3 is 3.00 bits per heavy atom. The number of benzene rings is 1. The minimum atomic E-state index is -0.633. The quantitative estimate of drug-likeness (QED) is 0.644. The van der Waals surface area contributed by atoms with Crippen LogP contribution >= 0.6 is 0 Å². The summed E-state index contributed by atoms with van der Waals surface area (Å²) in [4.78, 5) is 14.9. The van der Waals surface area contributed by atoms with Crippen molar-refractivity contribution in [3.8, 4) is 0 Å². The Morgan fingerprint density at radius 1 is 1.56 bits per heavy atom. The van der Waals surface area contributed by atoms with Gasteiger partial charge in [-0.3, -0.25) is 0 Å². The van der Waals surface area contributed by atoms with Crippen molar-refractivity contribution in [2.45, 2.75) is 6.54 Å². The van der Waals surface area contributed by atoms with Gasteiger partial charge in [-0.05, 0) is 12.1 Å². The van der Waals surface area contributed by atoms with Crippen molar-refractivity contribution in [2.75, 3.05) is 12.8 Å². The molecule has 18 heavy (non-hydrogen) atoms. The minimum Gasteiger partial charge on any atom is -0.463 e. The van der Waals surface area contributed by atoms with Crippen molar-refractivity contribution >= 4 is 11.7 Å². The molecule has 1 aromatic heterocycles. The van der Waals surface area contributed by atoms with E-state index < -0.39 is 11.8 Å². The highest BCUT2D eigenvalue weighted by Gasteiger charge is 2.12. The van der Waals surface area contributed by atoms with E-state index >= 15 is 0 Å². The highest BCUT2D eigenvalue weighted by Crippen LogP contribution is 2.12. The molecular weight excluding hydrogens is 239 g/mol. The number of methoxy groups -OCH3 is 1. The fourth-order valence-electron chi connectivity index (χ4n) is 1.42. The van der Waals surface area contributed by atoms with Crippen LogP contribution < -0.4 is 5.73 Å². The number of nitrogens with two attached hydrogens (primary N) is 1. The Bertz CT molecular complexity index is 582. The molecule has 94 valence electrons. The van der Waals surface area contributed by atoms with Crippen molar-refractivity contribution in [3.05, 3.63) is 41.7 Å². The summed E-state index contributed by atoms with van der Waals surface area (Å²) in [6, 6.07) is 4.38. The molecule has 0 fully saturated rings. The average molecular weight is 250 g/mol. The molecule has 0 radical (unpaired) electrons. The molecule has 0 bridgehead atoms. The topological polar surface area (TPSA) is 83.0 Å². The van der Waals surface area contributed by atoms with Crippen LogP contribution in [-0.4, -0.2) is 27.8 Å². The zero-order chi connectivity index (χ0) is 13.1. The van der Waals surface area contributed by atoms with Crippen LogP contribution in [0.3, 0.4) is 0 Å². The van der Waals surface area contributed by atoms with E-state index in [4.69, 9.17) is 5.73 Å². The molecule has 0 aliphatic rings. The van der Waals surface area contributed by atoms with Gasteiger partial charge < -0.3 is 10.5 Å². The normalized spacial score (nSPS) is 10.3. The number of nitrogen functional groups attached to an aromatic ring is 1. The van der Waals surface area contributed by atoms with Crippen LogP contribution in [-0.2, 0) is 11.3 Å². The molecule has 0 amide bonds. The minimum absolute atomic E-state index is 0.0617. The highest BCUT2D eigenvalue weighted by molar-refractivity contribution is 5.84. The second-order valence-corrected chi connectivity index (χ2v) is 3.61. The summed E-state index contributed by atoms with van der Waals surface area (Å²) in [7, 11) is 1.24. The first kappa shape index (κ1) is 12.0. The van der Waals surface area contributed by atoms with Crippen molar-refractivity contribution in [2.24, 2.45) is 0 Å². The molecule has 2 N–H and O–H groups in total. The van der Waals surface area contributed by atoms with Crippen LogP contribution in [0.2, 0.25) is 0 Å². The Kier molecular flexibility index (Phi) is 3.22. The lowest BCUT2D eigenvalue weighted by molar-refractivity contribution is 0.0586. The molecule has 0 spiro atoms. The number of hydrogen-bond donors (Lipinski definition) is 1. The molecule has 7 heteroatoms. The maximum absolute atomic E-state index is 13.5. The number of aromatic nitrogens is 3. The maximum atomic E-state index is 13.5. The van der Waals surface area contributed by atoms with Gasteiger partial charge in [0, 0.05) is 11.3 Å². The SMILES string of the molecule is COC(=O)c1ncn(Cc2ccc(N)cc2F)n1. The van der Waals surface area contributed by atoms with Gasteiger partial charge in [-0.25, -0.2) is 18.9 Å². The van der Waals surface area contributed by atoms with Crippen molar-refractivity contribution in [1.29, 1.82) is 0 Å². The van der Waals surface area contributed by atoms with E-state index in [1.54, 1.807) is 12.1 Å². The Balaban J connectivity index is 2.18. The summed E-state index contributed by atoms with van der Waals surface area (Å²) in [6.07, 6.45) is 1.34. The molecule has 0 atom stereocenters. The Morgan fingerprint density at radius 2 is 2.33 bits per heavy atom. The first-order valence-electron chi connectivity index (χ1n) is 5.12. The summed E-state index contributed by atoms with van der Waals surface area (Å²) in [5.41, 5.74) is 6.21. The molecule has 0 saturated heterocycles. The number of ether oxygens (including phenoxy) is 1. The average Bonchev–Trinajstić information content (AvgIpc) is 2.80. The summed E-state index contributed by atoms with van der Waals surface area (Å²) in [5.74, 6) is -1.12. The van der Waals surface area contributed by atoms with Gasteiger partial charge in [-0.15, -0.1) is 5.10 Å². The van der Waals surface area contributed by atoms with Crippen molar-refractivity contribution in [1.82, 2.24) is 14.8 Å². The van der Waals surface area contributed by atoms with Gasteiger partial charge >= 0.3 is 5.97 Å². The molecule has 0 saturated carbocycles. The van der Waals surface area contributed by atoms with E-state index in [9.17, 15) is 9.18 Å². The number of nitrogens with zero attached hydrogens (tertiary/aromatic N) is 3. The van der Waals surface area contributed by atoms with Crippen LogP contribution in [0.25, 0.3) is 0 Å². The van der Waals surface area contributed by atoms with Gasteiger partial charge in [-0.1, -0.05) is 6.07 Å². The van der Waals surface area contributed by atoms with Crippen LogP contribution in [0.15, 0.2) is 24.5 Å². The van der Waals surface area contributed by atoms with E-state index in [2.05, 4.69) is 14.8 Å². The molecule has 1 aromatic carbocycles. The number of carbonyl (C=O) groups excluding carboxylic acids is 1. The predicted octanol–water partition coefficient (Wildman–Crippen LogP) is 0.834. The maximum Gasteiger partial charge on any atom is 0.377 e. The number of anilines is 1. The largest absolute Gasteiger partial charge is 0.463 e. The van der Waals surface area contributed by atoms with E-state index in [0.717, 1.165) is 0 Å². The second kappa shape index (κ2) is 4.82. The summed E-state index contributed by atoms with van der Waals surface area (Å²) in [5, 5.41) is 3.87. The van der Waals surface area contributed by atoms with E-state index in [1.165, 1.54) is 24.2 Å². The number of hydrogen-bond acceptors (Lipinski definition) is 5. The first-order chi connectivity index (χ1) is 8.60. The first-order valence-corrected chi connectivity index (χ1v) is 5.12. The lowest BCUT2D eigenvalue weighted by Gasteiger charge is -2.03. The van der Waals surface area contributed by atoms with Crippen LogP contribution in [0.4, 0.5) is 10.1 Å². The summed E-state index contributed by atoms with van der Waals surface area (Å²) in [6.45, 7) is 0.163. The molecule has 2 rings (SSSR count). The molecule has 1 heterocycles. The van der Waals surface area contributed by atoms with Gasteiger partial charge in [0.25, 0.3) is 5.82 Å². The van der Waals surface area contributed by atoms with Crippen LogP contribution in [0.1, 0.15) is 16.2 Å². The van der Waals surface area contributed by atoms with E-state index in [-0.39, 0.29) is 12.4 Å². The zero-order valence-electron chi connectivity index (χ0n) is 9.63. The Labute approximate surface area is 102 Å². The molecule has 0 unspecified atom stereocenters. The molecule has 6 nitrogen and oxygen atoms in total. The van der Waals surface area contributed by atoms with Crippen molar-refractivity contribution in [3.63, 3.8) is 0 Å². The molecule has 2 aromatic rings. The van der Waals surface area contributed by atoms with Crippen LogP contribution in [0.5, 0.6) is 0 Å². The third-order valence-corrected chi connectivity index (χ3v) is 2.31. The van der Waals surface area contributed by atoms with Gasteiger partial charge in [-0.2, -0.15) is 0 Å². The third kappa shape index (κ3) is 2.45. The predicted molar refractivity (Wildman–Crippen MR) is 61.3 cm³/mol. The fraction of sp³-hybridized carbons (Fsp3) is 0.182. The zero-order valence-corrected chi connectivity index (χ0v) is 9.63. The number of rotatable bonds is 3. The van der Waals surface area contributed by atoms with E-state index in [0.29, 0.717) is 11.3 Å². The lowest BCUT2D eigenvalue weighted by atomic mass is 10.2. The highest BCUT2D eigenvalue weighted by atomic mass is 19.1. The van der Waals surface area contributed by atoms with Crippen molar-refractivity contribution < 1.29 is 13.9 Å². The van der Waals surface area contributed by atoms with Gasteiger partial charge in [0.15, 0.2) is 0 Å². The monoisotopic (exact) mass is 250 g/mol. The number of esters is 1. The van der Waals surface area contributed by atoms with Gasteiger partial charge in [0.1, 0.15) is 12.1 Å². The van der Waals surface area contributed by atoms with Gasteiger partial charge in [0.2, 0.25) is 0 Å². The summed E-state index contributed by atoms with van der Waals surface area (Å²) < 4.78 is 19.4. The van der Waals surface area contributed by atoms with E-state index in [1.807, 2.05) is 0 Å². The summed E-state index contributed by atoms with van der Waals surface area (Å²) >= 11 is 0. The second-order valence-electron chi connectivity index (χ2n) is 3.61. The molecule has 0 aliphatic heterocycles. The van der Waals surface area contributed by atoms with Gasteiger partial charge in [0.05, 0.1) is 13.7 Å². The molecular formula is C11H11FN4O2. The number of carbonyl (C=O) groups is 1. The van der Waals surface area contributed by atoms with Crippen LogP contribution in [0, 0.1) is 5.82 Å². The lowest BCUT2D eigenvalue weighted by Crippen LogP contribution is -2.07. The standard InChI is InChI=1S/C11H11FN4O2/c1-18-11(17)10-14-6-16(15-10)5-7-2-3-8(13)4-9(7)12/h2-4,6H,5,13H2,1H3.